The third kappa shape index (κ3) is 6.15. The van der Waals surface area contributed by atoms with Crippen LogP contribution in [0.4, 0.5) is 0 Å². The Morgan fingerprint density at radius 2 is 1.80 bits per heavy atom. The molecule has 0 saturated carbocycles. The van der Waals surface area contributed by atoms with Crippen molar-refractivity contribution in [3.05, 3.63) is 87.6 Å². The quantitative estimate of drug-likeness (QED) is 0.252. The van der Waals surface area contributed by atoms with Gasteiger partial charge < -0.3 is 18.9 Å². The zero-order chi connectivity index (χ0) is 29.0. The number of ether oxygens (including phenoxy) is 4. The van der Waals surface area contributed by atoms with Gasteiger partial charge in [0, 0.05) is 9.13 Å². The first-order valence-electron chi connectivity index (χ1n) is 12.6. The molecule has 1 atom stereocenters. The molecule has 0 N–H and O–H groups in total. The summed E-state index contributed by atoms with van der Waals surface area (Å²) in [5, 5.41) is 0. The van der Waals surface area contributed by atoms with Crippen molar-refractivity contribution in [3.8, 4) is 11.5 Å². The van der Waals surface area contributed by atoms with Gasteiger partial charge in [0.1, 0.15) is 0 Å². The third-order valence-corrected chi connectivity index (χ3v) is 7.71. The van der Waals surface area contributed by atoms with E-state index in [1.165, 1.54) is 23.0 Å². The van der Waals surface area contributed by atoms with Crippen LogP contribution in [0, 0.1) is 10.5 Å². The molecule has 0 bridgehead atoms. The molecule has 0 saturated heterocycles. The molecule has 1 aliphatic rings. The van der Waals surface area contributed by atoms with Gasteiger partial charge in [-0.05, 0) is 74.1 Å². The molecule has 0 amide bonds. The van der Waals surface area contributed by atoms with Gasteiger partial charge in [0.2, 0.25) is 0 Å². The number of halogens is 1. The van der Waals surface area contributed by atoms with Crippen molar-refractivity contribution in [1.82, 2.24) is 4.57 Å². The lowest BCUT2D eigenvalue weighted by Gasteiger charge is -2.24. The lowest BCUT2D eigenvalue weighted by atomic mass is 9.95. The summed E-state index contributed by atoms with van der Waals surface area (Å²) >= 11 is 3.35. The normalized spacial score (nSPS) is 14.8. The van der Waals surface area contributed by atoms with Crippen molar-refractivity contribution in [1.29, 1.82) is 0 Å². The zero-order valence-corrected chi connectivity index (χ0v) is 25.8. The van der Waals surface area contributed by atoms with Crippen LogP contribution in [0.2, 0.25) is 0 Å². The number of esters is 2. The monoisotopic (exact) mass is 676 g/mol. The summed E-state index contributed by atoms with van der Waals surface area (Å²) in [6.07, 6.45) is 1.69. The van der Waals surface area contributed by atoms with Crippen LogP contribution in [0.25, 0.3) is 6.08 Å². The Bertz CT molecular complexity index is 1650. The Kier molecular flexibility index (Phi) is 9.46. The number of carbonyl (C=O) groups is 2. The smallest absolute Gasteiger partial charge is 0.344 e. The number of hydrogen-bond donors (Lipinski definition) is 0. The second-order valence-corrected chi connectivity index (χ2v) is 11.1. The standard InChI is InChI=1S/C29H29IN2O7S/c1-6-37-23(33)15-39-26-19(12-20(30)14-21(26)36-5)13-22-27(34)32-25(18-10-8-16(3)9-11-18)24(28(35)38-7-2)17(4)31-29(32)40-22/h8-14,25H,6-7,15H2,1-5H3/b22-13-/t25-/m1/s1. The molecule has 3 aromatic rings. The second-order valence-electron chi connectivity index (χ2n) is 8.83. The highest BCUT2D eigenvalue weighted by Crippen LogP contribution is 2.34. The molecule has 210 valence electrons. The minimum absolute atomic E-state index is 0.198. The van der Waals surface area contributed by atoms with Gasteiger partial charge in [-0.2, -0.15) is 0 Å². The van der Waals surface area contributed by atoms with E-state index in [9.17, 15) is 14.4 Å². The first kappa shape index (κ1) is 29.5. The van der Waals surface area contributed by atoms with Crippen LogP contribution in [-0.2, 0) is 19.1 Å². The SMILES string of the molecule is CCOC(=O)COc1c(/C=c2\sc3n(c2=O)[C@H](c2ccc(C)cc2)C(C(=O)OCC)=C(C)N=3)cc(I)cc1OC. The van der Waals surface area contributed by atoms with Crippen molar-refractivity contribution in [3.63, 3.8) is 0 Å². The predicted octanol–water partition coefficient (Wildman–Crippen LogP) is 3.66. The molecule has 2 aromatic carbocycles. The van der Waals surface area contributed by atoms with Gasteiger partial charge in [0.15, 0.2) is 22.9 Å². The lowest BCUT2D eigenvalue weighted by Crippen LogP contribution is -2.39. The maximum absolute atomic E-state index is 14.0. The number of methoxy groups -OCH3 is 1. The van der Waals surface area contributed by atoms with E-state index in [-0.39, 0.29) is 25.4 Å². The minimum atomic E-state index is -0.706. The van der Waals surface area contributed by atoms with Crippen LogP contribution in [0.1, 0.15) is 43.5 Å². The van der Waals surface area contributed by atoms with E-state index >= 15 is 0 Å². The van der Waals surface area contributed by atoms with Gasteiger partial charge in [-0.25, -0.2) is 14.6 Å². The Hall–Kier alpha value is -3.45. The van der Waals surface area contributed by atoms with Crippen molar-refractivity contribution in [2.45, 2.75) is 33.7 Å². The number of nitrogens with zero attached hydrogens (tertiary/aromatic N) is 2. The molecule has 0 fully saturated rings. The van der Waals surface area contributed by atoms with E-state index in [2.05, 4.69) is 27.6 Å². The predicted molar refractivity (Wildman–Crippen MR) is 159 cm³/mol. The molecule has 0 spiro atoms. The summed E-state index contributed by atoms with van der Waals surface area (Å²) < 4.78 is 24.4. The van der Waals surface area contributed by atoms with E-state index < -0.39 is 18.0 Å². The molecule has 9 nitrogen and oxygen atoms in total. The largest absolute Gasteiger partial charge is 0.493 e. The number of thiazole rings is 1. The molecule has 0 radical (unpaired) electrons. The number of aromatic nitrogens is 1. The van der Waals surface area contributed by atoms with Crippen molar-refractivity contribution < 1.29 is 28.5 Å². The summed E-state index contributed by atoms with van der Waals surface area (Å²) in [4.78, 5) is 44.1. The van der Waals surface area contributed by atoms with Gasteiger partial charge in [-0.3, -0.25) is 9.36 Å². The van der Waals surface area contributed by atoms with Gasteiger partial charge in [0.25, 0.3) is 5.56 Å². The van der Waals surface area contributed by atoms with Crippen LogP contribution in [0.15, 0.2) is 57.5 Å². The average Bonchev–Trinajstić information content (AvgIpc) is 3.21. The fourth-order valence-corrected chi connectivity index (χ4v) is 5.99. The number of allylic oxidation sites excluding steroid dienone is 1. The lowest BCUT2D eigenvalue weighted by molar-refractivity contribution is -0.145. The summed E-state index contributed by atoms with van der Waals surface area (Å²) in [6, 6.07) is 10.6. The maximum atomic E-state index is 14.0. The van der Waals surface area contributed by atoms with Crippen LogP contribution >= 0.6 is 33.9 Å². The summed E-state index contributed by atoms with van der Waals surface area (Å²) in [5.74, 6) is -0.317. The van der Waals surface area contributed by atoms with Crippen molar-refractivity contribution in [2.24, 2.45) is 4.99 Å². The molecule has 11 heteroatoms. The van der Waals surface area contributed by atoms with Crippen LogP contribution in [-0.4, -0.2) is 43.4 Å². The summed E-state index contributed by atoms with van der Waals surface area (Å²) in [7, 11) is 1.50. The number of benzene rings is 2. The molecular formula is C29H29IN2O7S. The zero-order valence-electron chi connectivity index (χ0n) is 22.8. The average molecular weight is 677 g/mol. The third-order valence-electron chi connectivity index (χ3n) is 6.10. The number of rotatable bonds is 9. The maximum Gasteiger partial charge on any atom is 0.344 e. The highest BCUT2D eigenvalue weighted by Gasteiger charge is 2.33. The molecule has 1 aliphatic heterocycles. The second kappa shape index (κ2) is 12.8. The molecule has 40 heavy (non-hydrogen) atoms. The Morgan fingerprint density at radius 3 is 2.45 bits per heavy atom. The molecule has 4 rings (SSSR count). The molecule has 2 heterocycles. The molecule has 0 unspecified atom stereocenters. The highest BCUT2D eigenvalue weighted by molar-refractivity contribution is 14.1. The van der Waals surface area contributed by atoms with Crippen LogP contribution in [0.5, 0.6) is 11.5 Å². The van der Waals surface area contributed by atoms with Crippen LogP contribution < -0.4 is 24.4 Å². The van der Waals surface area contributed by atoms with E-state index in [1.807, 2.05) is 37.3 Å². The Morgan fingerprint density at radius 1 is 1.10 bits per heavy atom. The molecule has 1 aromatic heterocycles. The van der Waals surface area contributed by atoms with Crippen LogP contribution in [0.3, 0.4) is 0 Å². The number of fused-ring (bicyclic) bond motifs is 1. The highest BCUT2D eigenvalue weighted by atomic mass is 127. The summed E-state index contributed by atoms with van der Waals surface area (Å²) in [6.45, 7) is 7.28. The van der Waals surface area contributed by atoms with Gasteiger partial charge in [-0.1, -0.05) is 41.2 Å². The minimum Gasteiger partial charge on any atom is -0.493 e. The molecular weight excluding hydrogens is 647 g/mol. The van der Waals surface area contributed by atoms with E-state index in [4.69, 9.17) is 18.9 Å². The number of carbonyl (C=O) groups excluding carboxylic acids is 2. The Balaban J connectivity index is 1.91. The number of aryl methyl sites for hydroxylation is 1. The van der Waals surface area contributed by atoms with Crippen molar-refractivity contribution >= 4 is 51.9 Å². The topological polar surface area (TPSA) is 105 Å². The Labute approximate surface area is 248 Å². The first-order valence-corrected chi connectivity index (χ1v) is 14.5. The van der Waals surface area contributed by atoms with E-state index in [0.29, 0.717) is 37.7 Å². The fourth-order valence-electron chi connectivity index (χ4n) is 4.33. The van der Waals surface area contributed by atoms with Gasteiger partial charge >= 0.3 is 11.9 Å². The first-order chi connectivity index (χ1) is 19.2. The fraction of sp³-hybridized carbons (Fsp3) is 0.310. The molecule has 0 aliphatic carbocycles. The number of hydrogen-bond acceptors (Lipinski definition) is 9. The van der Waals surface area contributed by atoms with E-state index in [1.54, 1.807) is 32.9 Å². The van der Waals surface area contributed by atoms with E-state index in [0.717, 1.165) is 14.7 Å². The summed E-state index contributed by atoms with van der Waals surface area (Å²) in [5.41, 5.74) is 2.86. The van der Waals surface area contributed by atoms with Crippen molar-refractivity contribution in [2.75, 3.05) is 26.9 Å². The van der Waals surface area contributed by atoms with Gasteiger partial charge in [0.05, 0.1) is 42.2 Å². The van der Waals surface area contributed by atoms with Gasteiger partial charge in [-0.15, -0.1) is 0 Å².